The van der Waals surface area contributed by atoms with E-state index in [1.807, 2.05) is 66.7 Å². The molecule has 136 valence electrons. The number of amides is 2. The first-order valence-corrected chi connectivity index (χ1v) is 8.85. The molecular weight excluding hydrogens is 336 g/mol. The smallest absolute Gasteiger partial charge is 0.256 e. The first-order valence-electron chi connectivity index (χ1n) is 8.85. The molecule has 3 rings (SSSR count). The largest absolute Gasteiger partial charge is 0.337 e. The fourth-order valence-corrected chi connectivity index (χ4v) is 2.89. The molecule has 0 heterocycles. The summed E-state index contributed by atoms with van der Waals surface area (Å²) in [6.45, 7) is 0.506. The standard InChI is InChI=1S/C23H22N2O2/c1-25(17-19-12-6-3-7-13-19)23(27)20-14-8-9-15-21(20)24-22(26)16-18-10-4-2-5-11-18/h2-15H,16-17H2,1H3,(H,24,26). The number of nitrogens with zero attached hydrogens (tertiary/aromatic N) is 1. The van der Waals surface area contributed by atoms with Crippen molar-refractivity contribution in [2.75, 3.05) is 12.4 Å². The minimum absolute atomic E-state index is 0.130. The molecule has 0 fully saturated rings. The third-order valence-corrected chi connectivity index (χ3v) is 4.25. The van der Waals surface area contributed by atoms with Crippen LogP contribution in [0.25, 0.3) is 0 Å². The Labute approximate surface area is 159 Å². The molecule has 0 saturated heterocycles. The van der Waals surface area contributed by atoms with Crippen LogP contribution in [0.3, 0.4) is 0 Å². The molecule has 3 aromatic rings. The number of hydrogen-bond acceptors (Lipinski definition) is 2. The number of carbonyl (C=O) groups excluding carboxylic acids is 2. The number of nitrogens with one attached hydrogen (secondary N) is 1. The summed E-state index contributed by atoms with van der Waals surface area (Å²) >= 11 is 0. The Hall–Kier alpha value is -3.40. The summed E-state index contributed by atoms with van der Waals surface area (Å²) in [5, 5.41) is 2.87. The van der Waals surface area contributed by atoms with Gasteiger partial charge in [0.1, 0.15) is 0 Å². The monoisotopic (exact) mass is 358 g/mol. The van der Waals surface area contributed by atoms with E-state index in [4.69, 9.17) is 0 Å². The average molecular weight is 358 g/mol. The summed E-state index contributed by atoms with van der Waals surface area (Å²) in [6.07, 6.45) is 0.267. The Kier molecular flexibility index (Phi) is 6.00. The maximum atomic E-state index is 12.9. The second-order valence-electron chi connectivity index (χ2n) is 6.40. The number of rotatable bonds is 6. The third kappa shape index (κ3) is 5.05. The Morgan fingerprint density at radius 3 is 2.00 bits per heavy atom. The Morgan fingerprint density at radius 1 is 0.778 bits per heavy atom. The molecule has 27 heavy (non-hydrogen) atoms. The highest BCUT2D eigenvalue weighted by atomic mass is 16.2. The molecular formula is C23H22N2O2. The van der Waals surface area contributed by atoms with Crippen LogP contribution in [-0.2, 0) is 17.8 Å². The van der Waals surface area contributed by atoms with Crippen molar-refractivity contribution < 1.29 is 9.59 Å². The lowest BCUT2D eigenvalue weighted by Crippen LogP contribution is -2.27. The minimum atomic E-state index is -0.146. The average Bonchev–Trinajstić information content (AvgIpc) is 2.69. The zero-order valence-electron chi connectivity index (χ0n) is 15.3. The fourth-order valence-electron chi connectivity index (χ4n) is 2.89. The van der Waals surface area contributed by atoms with E-state index in [0.29, 0.717) is 17.8 Å². The number of anilines is 1. The Bertz CT molecular complexity index is 908. The zero-order valence-corrected chi connectivity index (χ0v) is 15.3. The molecule has 0 aliphatic heterocycles. The number of carbonyl (C=O) groups is 2. The van der Waals surface area contributed by atoms with Crippen LogP contribution in [0.4, 0.5) is 5.69 Å². The highest BCUT2D eigenvalue weighted by molar-refractivity contribution is 6.04. The minimum Gasteiger partial charge on any atom is -0.337 e. The topological polar surface area (TPSA) is 49.4 Å². The maximum Gasteiger partial charge on any atom is 0.256 e. The van der Waals surface area contributed by atoms with E-state index < -0.39 is 0 Å². The van der Waals surface area contributed by atoms with Crippen molar-refractivity contribution in [3.8, 4) is 0 Å². The summed E-state index contributed by atoms with van der Waals surface area (Å²) in [5.41, 5.74) is 3.00. The lowest BCUT2D eigenvalue weighted by molar-refractivity contribution is -0.115. The van der Waals surface area contributed by atoms with E-state index >= 15 is 0 Å². The van der Waals surface area contributed by atoms with Crippen molar-refractivity contribution in [3.05, 3.63) is 102 Å². The van der Waals surface area contributed by atoms with Crippen molar-refractivity contribution in [2.24, 2.45) is 0 Å². The van der Waals surface area contributed by atoms with Crippen molar-refractivity contribution in [1.82, 2.24) is 4.90 Å². The number of hydrogen-bond donors (Lipinski definition) is 1. The molecule has 0 aliphatic carbocycles. The van der Waals surface area contributed by atoms with Gasteiger partial charge in [-0.25, -0.2) is 0 Å². The lowest BCUT2D eigenvalue weighted by Gasteiger charge is -2.19. The van der Waals surface area contributed by atoms with Crippen LogP contribution in [0.5, 0.6) is 0 Å². The molecule has 3 aromatic carbocycles. The van der Waals surface area contributed by atoms with Crippen LogP contribution in [0, 0.1) is 0 Å². The predicted molar refractivity (Wildman–Crippen MR) is 107 cm³/mol. The quantitative estimate of drug-likeness (QED) is 0.720. The van der Waals surface area contributed by atoms with Crippen LogP contribution >= 0.6 is 0 Å². The van der Waals surface area contributed by atoms with Crippen LogP contribution in [0.15, 0.2) is 84.9 Å². The van der Waals surface area contributed by atoms with Crippen molar-refractivity contribution in [2.45, 2.75) is 13.0 Å². The third-order valence-electron chi connectivity index (χ3n) is 4.25. The van der Waals surface area contributed by atoms with Gasteiger partial charge in [-0.2, -0.15) is 0 Å². The van der Waals surface area contributed by atoms with Gasteiger partial charge in [-0.1, -0.05) is 72.8 Å². The molecule has 0 saturated carbocycles. The van der Waals surface area contributed by atoms with Gasteiger partial charge in [0.05, 0.1) is 17.7 Å². The summed E-state index contributed by atoms with van der Waals surface area (Å²) in [6, 6.07) is 26.5. The molecule has 4 heteroatoms. The lowest BCUT2D eigenvalue weighted by atomic mass is 10.1. The molecule has 0 unspecified atom stereocenters. The van der Waals surface area contributed by atoms with Gasteiger partial charge in [-0.05, 0) is 23.3 Å². The van der Waals surface area contributed by atoms with Gasteiger partial charge in [0.25, 0.3) is 5.91 Å². The second kappa shape index (κ2) is 8.81. The predicted octanol–water partition coefficient (Wildman–Crippen LogP) is 4.14. The van der Waals surface area contributed by atoms with Gasteiger partial charge >= 0.3 is 0 Å². The first-order chi connectivity index (χ1) is 13.1. The van der Waals surface area contributed by atoms with E-state index in [1.54, 1.807) is 30.1 Å². The van der Waals surface area contributed by atoms with Gasteiger partial charge in [-0.3, -0.25) is 9.59 Å². The molecule has 0 aromatic heterocycles. The van der Waals surface area contributed by atoms with Gasteiger partial charge in [0.2, 0.25) is 5.91 Å². The highest BCUT2D eigenvalue weighted by Crippen LogP contribution is 2.18. The molecule has 0 aliphatic rings. The normalized spacial score (nSPS) is 10.3. The molecule has 4 nitrogen and oxygen atoms in total. The molecule has 0 atom stereocenters. The fraction of sp³-hybridized carbons (Fsp3) is 0.130. The van der Waals surface area contributed by atoms with Crippen molar-refractivity contribution in [3.63, 3.8) is 0 Å². The van der Waals surface area contributed by atoms with Crippen LogP contribution in [-0.4, -0.2) is 23.8 Å². The summed E-state index contributed by atoms with van der Waals surface area (Å²) in [4.78, 5) is 26.9. The van der Waals surface area contributed by atoms with Crippen molar-refractivity contribution >= 4 is 17.5 Å². The molecule has 2 amide bonds. The molecule has 1 N–H and O–H groups in total. The van der Waals surface area contributed by atoms with Crippen LogP contribution in [0.2, 0.25) is 0 Å². The van der Waals surface area contributed by atoms with Gasteiger partial charge in [-0.15, -0.1) is 0 Å². The van der Waals surface area contributed by atoms with E-state index in [9.17, 15) is 9.59 Å². The summed E-state index contributed by atoms with van der Waals surface area (Å²) < 4.78 is 0. The van der Waals surface area contributed by atoms with Crippen molar-refractivity contribution in [1.29, 1.82) is 0 Å². The second-order valence-corrected chi connectivity index (χ2v) is 6.40. The zero-order chi connectivity index (χ0) is 19.1. The van der Waals surface area contributed by atoms with E-state index in [2.05, 4.69) is 5.32 Å². The van der Waals surface area contributed by atoms with E-state index in [0.717, 1.165) is 11.1 Å². The Balaban J connectivity index is 1.71. The van der Waals surface area contributed by atoms with E-state index in [-0.39, 0.29) is 18.2 Å². The van der Waals surface area contributed by atoms with Gasteiger partial charge in [0.15, 0.2) is 0 Å². The Morgan fingerprint density at radius 2 is 1.33 bits per heavy atom. The van der Waals surface area contributed by atoms with Gasteiger partial charge < -0.3 is 10.2 Å². The molecule has 0 radical (unpaired) electrons. The molecule has 0 bridgehead atoms. The SMILES string of the molecule is CN(Cc1ccccc1)C(=O)c1ccccc1NC(=O)Cc1ccccc1. The van der Waals surface area contributed by atoms with Crippen LogP contribution in [0.1, 0.15) is 21.5 Å². The number of benzene rings is 3. The number of para-hydroxylation sites is 1. The molecule has 0 spiro atoms. The van der Waals surface area contributed by atoms with E-state index in [1.165, 1.54) is 0 Å². The summed E-state index contributed by atoms with van der Waals surface area (Å²) in [5.74, 6) is -0.276. The van der Waals surface area contributed by atoms with Gasteiger partial charge in [0, 0.05) is 13.6 Å². The first kappa shape index (κ1) is 18.4. The highest BCUT2D eigenvalue weighted by Gasteiger charge is 2.17. The van der Waals surface area contributed by atoms with Crippen LogP contribution < -0.4 is 5.32 Å². The maximum absolute atomic E-state index is 12.9. The summed E-state index contributed by atoms with van der Waals surface area (Å²) in [7, 11) is 1.76.